The zero-order valence-corrected chi connectivity index (χ0v) is 15.4. The number of carbonyl (C=O) groups excluding carboxylic acids is 1. The lowest BCUT2D eigenvalue weighted by Crippen LogP contribution is -2.18. The minimum atomic E-state index is 0.00376. The van der Waals surface area contributed by atoms with E-state index >= 15 is 0 Å². The van der Waals surface area contributed by atoms with Gasteiger partial charge >= 0.3 is 0 Å². The number of nitrogens with one attached hydrogen (secondary N) is 1. The van der Waals surface area contributed by atoms with Crippen LogP contribution >= 0.6 is 20.7 Å². The monoisotopic (exact) mass is 403 g/mol. The lowest BCUT2D eigenvalue weighted by atomic mass is 9.96. The average Bonchev–Trinajstić information content (AvgIpc) is 2.77. The standard InChI is InChI=1S/C17H26INO2/c1-12(2)16(20)7-5-14-4-6-15(9-14)21-17-8-13(3)10-18-11-19-17/h8,10-12,14-15,19H,4-7,9H2,1-3H3/t14?,15-/m1/s1. The van der Waals surface area contributed by atoms with Gasteiger partial charge in [0.1, 0.15) is 11.9 Å². The third kappa shape index (κ3) is 5.57. The van der Waals surface area contributed by atoms with Crippen LogP contribution < -0.4 is 5.32 Å². The van der Waals surface area contributed by atoms with E-state index in [1.807, 2.05) is 13.8 Å². The molecule has 2 aliphatic rings. The third-order valence-electron chi connectivity index (χ3n) is 4.08. The van der Waals surface area contributed by atoms with Crippen LogP contribution in [0.25, 0.3) is 0 Å². The first-order valence-corrected chi connectivity index (χ1v) is 10.3. The molecular formula is C17H26INO2. The molecule has 1 aliphatic carbocycles. The molecule has 0 saturated heterocycles. The van der Waals surface area contributed by atoms with Crippen LogP contribution in [-0.4, -0.2) is 16.0 Å². The summed E-state index contributed by atoms with van der Waals surface area (Å²) in [5, 5.41) is 3.28. The van der Waals surface area contributed by atoms with Gasteiger partial charge in [-0.3, -0.25) is 4.79 Å². The molecule has 1 unspecified atom stereocenters. The maximum atomic E-state index is 11.7. The van der Waals surface area contributed by atoms with Gasteiger partial charge in [0.05, 0.1) is 0 Å². The fourth-order valence-corrected chi connectivity index (χ4v) is 4.19. The predicted octanol–water partition coefficient (Wildman–Crippen LogP) is 4.26. The molecule has 21 heavy (non-hydrogen) atoms. The number of halogens is 1. The van der Waals surface area contributed by atoms with E-state index < -0.39 is 0 Å². The van der Waals surface area contributed by atoms with Crippen molar-refractivity contribution in [3.63, 3.8) is 0 Å². The second-order valence-electron chi connectivity index (χ2n) is 6.32. The first kappa shape index (κ1) is 16.7. The average molecular weight is 403 g/mol. The molecule has 4 heteroatoms. The Morgan fingerprint density at radius 1 is 1.48 bits per heavy atom. The highest BCUT2D eigenvalue weighted by Crippen LogP contribution is 2.32. The van der Waals surface area contributed by atoms with Crippen molar-refractivity contribution in [1.29, 1.82) is 0 Å². The molecule has 0 aromatic carbocycles. The van der Waals surface area contributed by atoms with E-state index in [0.29, 0.717) is 17.8 Å². The number of hydrogen-bond donors (Lipinski definition) is 1. The summed E-state index contributed by atoms with van der Waals surface area (Å²) in [6, 6.07) is 0. The van der Waals surface area contributed by atoms with E-state index in [4.69, 9.17) is 4.74 Å². The van der Waals surface area contributed by atoms with Gasteiger partial charge in [-0.05, 0) is 48.2 Å². The Labute approximate surface area is 138 Å². The summed E-state index contributed by atoms with van der Waals surface area (Å²) >= 11 is 0.00376. The first-order valence-electron chi connectivity index (χ1n) is 7.82. The molecule has 1 heterocycles. The molecule has 3 nitrogen and oxygen atoms in total. The maximum Gasteiger partial charge on any atom is 0.191 e. The molecule has 1 aliphatic heterocycles. The zero-order valence-electron chi connectivity index (χ0n) is 13.2. The normalized spacial score (nSPS) is 25.5. The highest BCUT2D eigenvalue weighted by molar-refractivity contribution is 14.2. The van der Waals surface area contributed by atoms with Gasteiger partial charge in [-0.25, -0.2) is 0 Å². The topological polar surface area (TPSA) is 38.3 Å². The van der Waals surface area contributed by atoms with Crippen molar-refractivity contribution >= 4 is 30.6 Å². The van der Waals surface area contributed by atoms with E-state index in [1.165, 1.54) is 12.0 Å². The first-order chi connectivity index (χ1) is 10.0. The van der Waals surface area contributed by atoms with Crippen molar-refractivity contribution in [3.8, 4) is 0 Å². The molecule has 0 bridgehead atoms. The molecule has 0 spiro atoms. The molecule has 1 fully saturated rings. The van der Waals surface area contributed by atoms with Gasteiger partial charge in [0.2, 0.25) is 0 Å². The fraction of sp³-hybridized carbons (Fsp3) is 0.647. The highest BCUT2D eigenvalue weighted by Gasteiger charge is 2.27. The minimum absolute atomic E-state index is 0.00376. The van der Waals surface area contributed by atoms with Crippen molar-refractivity contribution in [2.24, 2.45) is 11.8 Å². The molecule has 2 rings (SSSR count). The largest absolute Gasteiger partial charge is 0.476 e. The van der Waals surface area contributed by atoms with E-state index in [9.17, 15) is 4.79 Å². The number of carbonyl (C=O) groups is 1. The number of rotatable bonds is 6. The van der Waals surface area contributed by atoms with Crippen LogP contribution in [0.15, 0.2) is 21.6 Å². The molecule has 0 amide bonds. The second kappa shape index (κ2) is 8.11. The SMILES string of the molecule is CC1=CI=CNC(O[C@@H]2CCC(CCC(=O)C(C)C)C2)=C1. The summed E-state index contributed by atoms with van der Waals surface area (Å²) in [7, 11) is 0. The van der Waals surface area contributed by atoms with Gasteiger partial charge in [-0.15, -0.1) is 0 Å². The van der Waals surface area contributed by atoms with E-state index in [0.717, 1.165) is 31.6 Å². The lowest BCUT2D eigenvalue weighted by Gasteiger charge is -2.16. The van der Waals surface area contributed by atoms with E-state index in [2.05, 4.69) is 26.5 Å². The summed E-state index contributed by atoms with van der Waals surface area (Å²) in [6.45, 7) is 6.10. The Hall–Kier alpha value is -0.650. The summed E-state index contributed by atoms with van der Waals surface area (Å²) in [6.07, 6.45) is 7.55. The van der Waals surface area contributed by atoms with Crippen LogP contribution in [0.3, 0.4) is 0 Å². The summed E-state index contributed by atoms with van der Waals surface area (Å²) in [5.74, 6) is 2.11. The Bertz CT molecular complexity index is 465. The number of ketones is 1. The number of allylic oxidation sites excluding steroid dienone is 2. The summed E-state index contributed by atoms with van der Waals surface area (Å²) < 4.78 is 10.5. The van der Waals surface area contributed by atoms with Gasteiger partial charge in [0.25, 0.3) is 0 Å². The van der Waals surface area contributed by atoms with Crippen LogP contribution in [0.2, 0.25) is 0 Å². The molecule has 0 aromatic rings. The Balaban J connectivity index is 1.76. The predicted molar refractivity (Wildman–Crippen MR) is 96.4 cm³/mol. The summed E-state index contributed by atoms with van der Waals surface area (Å²) in [5.41, 5.74) is 1.29. The Morgan fingerprint density at radius 3 is 3.05 bits per heavy atom. The third-order valence-corrected chi connectivity index (χ3v) is 6.10. The fourth-order valence-electron chi connectivity index (χ4n) is 2.78. The van der Waals surface area contributed by atoms with Crippen molar-refractivity contribution in [3.05, 3.63) is 21.6 Å². The van der Waals surface area contributed by atoms with Crippen molar-refractivity contribution in [2.45, 2.75) is 59.0 Å². The van der Waals surface area contributed by atoms with Crippen molar-refractivity contribution in [2.75, 3.05) is 0 Å². The number of hydrogen-bond acceptors (Lipinski definition) is 3. The number of ether oxygens (including phenoxy) is 1. The molecule has 1 saturated carbocycles. The van der Waals surface area contributed by atoms with Crippen molar-refractivity contribution < 1.29 is 9.53 Å². The van der Waals surface area contributed by atoms with Gasteiger partial charge < -0.3 is 10.1 Å². The summed E-state index contributed by atoms with van der Waals surface area (Å²) in [4.78, 5) is 11.7. The quantitative estimate of drug-likeness (QED) is 0.674. The van der Waals surface area contributed by atoms with Crippen LogP contribution in [0.4, 0.5) is 0 Å². The molecule has 0 aromatic heterocycles. The van der Waals surface area contributed by atoms with Gasteiger partial charge in [-0.1, -0.05) is 34.6 Å². The van der Waals surface area contributed by atoms with Gasteiger partial charge in [-0.2, -0.15) is 0 Å². The van der Waals surface area contributed by atoms with Crippen LogP contribution in [0.1, 0.15) is 52.9 Å². The van der Waals surface area contributed by atoms with E-state index in [-0.39, 0.29) is 26.6 Å². The Morgan fingerprint density at radius 2 is 2.29 bits per heavy atom. The molecule has 2 atom stereocenters. The molecule has 1 N–H and O–H groups in total. The molecule has 0 radical (unpaired) electrons. The smallest absolute Gasteiger partial charge is 0.191 e. The van der Waals surface area contributed by atoms with Crippen LogP contribution in [0, 0.1) is 11.8 Å². The molecular weight excluding hydrogens is 377 g/mol. The van der Waals surface area contributed by atoms with Gasteiger partial charge in [0.15, 0.2) is 5.88 Å². The molecule has 118 valence electrons. The van der Waals surface area contributed by atoms with Crippen LogP contribution in [-0.2, 0) is 9.53 Å². The Kier molecular flexibility index (Phi) is 6.45. The number of Topliss-reactive ketones (excluding diaryl/α,β-unsaturated/α-hetero) is 1. The maximum absolute atomic E-state index is 11.7. The second-order valence-corrected chi connectivity index (χ2v) is 8.28. The van der Waals surface area contributed by atoms with E-state index in [1.54, 1.807) is 0 Å². The van der Waals surface area contributed by atoms with Crippen molar-refractivity contribution in [1.82, 2.24) is 5.32 Å². The highest BCUT2D eigenvalue weighted by atomic mass is 127. The van der Waals surface area contributed by atoms with Gasteiger partial charge in [0, 0.05) is 22.6 Å². The minimum Gasteiger partial charge on any atom is -0.476 e. The lowest BCUT2D eigenvalue weighted by molar-refractivity contribution is -0.122. The van der Waals surface area contributed by atoms with Crippen LogP contribution in [0.5, 0.6) is 0 Å². The zero-order chi connectivity index (χ0) is 15.2.